The molecule has 3 atom stereocenters. The molecule has 0 aliphatic heterocycles. The lowest BCUT2D eigenvalue weighted by molar-refractivity contribution is 0.179. The molecule has 1 heteroatoms. The minimum atomic E-state index is 0.496. The standard InChI is InChI=1S/C17H35N/c1-4-5-6-7-8-9-10-16-13-15(14(2)3)11-12-17(16)18/h14-17H,4-13,18H2,1-3H3. The van der Waals surface area contributed by atoms with Crippen molar-refractivity contribution in [3.8, 4) is 0 Å². The predicted octanol–water partition coefficient (Wildman–Crippen LogP) is 5.14. The highest BCUT2D eigenvalue weighted by Gasteiger charge is 2.28. The molecule has 2 N–H and O–H groups in total. The van der Waals surface area contributed by atoms with Gasteiger partial charge in [0.2, 0.25) is 0 Å². The first-order valence-corrected chi connectivity index (χ1v) is 8.40. The quantitative estimate of drug-likeness (QED) is 0.596. The Kier molecular flexibility index (Phi) is 7.97. The van der Waals surface area contributed by atoms with E-state index in [4.69, 9.17) is 5.73 Å². The summed E-state index contributed by atoms with van der Waals surface area (Å²) in [5, 5.41) is 0. The van der Waals surface area contributed by atoms with Crippen molar-refractivity contribution < 1.29 is 0 Å². The van der Waals surface area contributed by atoms with Crippen LogP contribution in [0.15, 0.2) is 0 Å². The van der Waals surface area contributed by atoms with Gasteiger partial charge in [-0.25, -0.2) is 0 Å². The predicted molar refractivity (Wildman–Crippen MR) is 81.6 cm³/mol. The number of unbranched alkanes of at least 4 members (excludes halogenated alkanes) is 5. The highest BCUT2D eigenvalue weighted by molar-refractivity contribution is 4.83. The van der Waals surface area contributed by atoms with Gasteiger partial charge in [-0.3, -0.25) is 0 Å². The van der Waals surface area contributed by atoms with Crippen molar-refractivity contribution in [3.05, 3.63) is 0 Å². The van der Waals surface area contributed by atoms with Crippen LogP contribution in [0.5, 0.6) is 0 Å². The fraction of sp³-hybridized carbons (Fsp3) is 1.00. The van der Waals surface area contributed by atoms with Crippen molar-refractivity contribution in [2.45, 2.75) is 91.0 Å². The summed E-state index contributed by atoms with van der Waals surface area (Å²) in [6, 6.07) is 0.496. The summed E-state index contributed by atoms with van der Waals surface area (Å²) in [5.41, 5.74) is 6.30. The lowest BCUT2D eigenvalue weighted by Crippen LogP contribution is -2.37. The average Bonchev–Trinajstić information content (AvgIpc) is 2.35. The van der Waals surface area contributed by atoms with E-state index in [1.807, 2.05) is 0 Å². The van der Waals surface area contributed by atoms with E-state index in [2.05, 4.69) is 20.8 Å². The van der Waals surface area contributed by atoms with E-state index in [9.17, 15) is 0 Å². The Bertz CT molecular complexity index is 200. The second kappa shape index (κ2) is 8.96. The third-order valence-electron chi connectivity index (χ3n) is 4.95. The number of rotatable bonds is 8. The molecule has 0 aromatic carbocycles. The van der Waals surface area contributed by atoms with E-state index in [0.29, 0.717) is 6.04 Å². The Hall–Kier alpha value is -0.0400. The maximum absolute atomic E-state index is 6.30. The highest BCUT2D eigenvalue weighted by Crippen LogP contribution is 2.35. The molecular weight excluding hydrogens is 218 g/mol. The van der Waals surface area contributed by atoms with Crippen molar-refractivity contribution in [1.29, 1.82) is 0 Å². The molecule has 1 fully saturated rings. The summed E-state index contributed by atoms with van der Waals surface area (Å²) in [6.07, 6.45) is 13.9. The van der Waals surface area contributed by atoms with Crippen LogP contribution in [-0.2, 0) is 0 Å². The molecule has 0 heterocycles. The highest BCUT2D eigenvalue weighted by atomic mass is 14.7. The molecule has 18 heavy (non-hydrogen) atoms. The first kappa shape index (κ1) is 16.0. The third-order valence-corrected chi connectivity index (χ3v) is 4.95. The lowest BCUT2D eigenvalue weighted by Gasteiger charge is -2.36. The Morgan fingerprint density at radius 2 is 1.67 bits per heavy atom. The number of hydrogen-bond donors (Lipinski definition) is 1. The van der Waals surface area contributed by atoms with Crippen LogP contribution in [0, 0.1) is 17.8 Å². The van der Waals surface area contributed by atoms with Crippen molar-refractivity contribution >= 4 is 0 Å². The Morgan fingerprint density at radius 1 is 1.00 bits per heavy atom. The molecule has 0 radical (unpaired) electrons. The van der Waals surface area contributed by atoms with Crippen LogP contribution in [0.1, 0.15) is 85.0 Å². The summed E-state index contributed by atoms with van der Waals surface area (Å²) >= 11 is 0. The van der Waals surface area contributed by atoms with Crippen LogP contribution in [0.25, 0.3) is 0 Å². The summed E-state index contributed by atoms with van der Waals surface area (Å²) in [6.45, 7) is 7.04. The van der Waals surface area contributed by atoms with Crippen LogP contribution in [0.2, 0.25) is 0 Å². The molecule has 1 aliphatic carbocycles. The normalized spacial score (nSPS) is 28.8. The van der Waals surface area contributed by atoms with Crippen LogP contribution in [0.4, 0.5) is 0 Å². The molecular formula is C17H35N. The molecule has 1 rings (SSSR count). The molecule has 3 unspecified atom stereocenters. The number of hydrogen-bond acceptors (Lipinski definition) is 1. The smallest absolute Gasteiger partial charge is 0.00673 e. The van der Waals surface area contributed by atoms with Crippen molar-refractivity contribution in [2.75, 3.05) is 0 Å². The van der Waals surface area contributed by atoms with Gasteiger partial charge < -0.3 is 5.73 Å². The molecule has 1 saturated carbocycles. The fourth-order valence-corrected chi connectivity index (χ4v) is 3.45. The Morgan fingerprint density at radius 3 is 2.33 bits per heavy atom. The molecule has 1 aliphatic rings. The van der Waals surface area contributed by atoms with E-state index in [-0.39, 0.29) is 0 Å². The van der Waals surface area contributed by atoms with Gasteiger partial charge in [-0.2, -0.15) is 0 Å². The van der Waals surface area contributed by atoms with Crippen molar-refractivity contribution in [3.63, 3.8) is 0 Å². The average molecular weight is 253 g/mol. The number of nitrogens with two attached hydrogens (primary N) is 1. The molecule has 0 aromatic rings. The Labute approximate surface area is 115 Å². The van der Waals surface area contributed by atoms with Gasteiger partial charge in [-0.05, 0) is 43.4 Å². The van der Waals surface area contributed by atoms with Crippen molar-refractivity contribution in [1.82, 2.24) is 0 Å². The summed E-state index contributed by atoms with van der Waals surface area (Å²) < 4.78 is 0. The minimum absolute atomic E-state index is 0.496. The van der Waals surface area contributed by atoms with Gasteiger partial charge in [0.25, 0.3) is 0 Å². The van der Waals surface area contributed by atoms with E-state index >= 15 is 0 Å². The van der Waals surface area contributed by atoms with Crippen molar-refractivity contribution in [2.24, 2.45) is 23.5 Å². The Balaban J connectivity index is 2.15. The molecule has 0 saturated heterocycles. The van der Waals surface area contributed by atoms with Gasteiger partial charge >= 0.3 is 0 Å². The van der Waals surface area contributed by atoms with Crippen LogP contribution >= 0.6 is 0 Å². The first-order valence-electron chi connectivity index (χ1n) is 8.40. The van der Waals surface area contributed by atoms with Crippen LogP contribution < -0.4 is 5.73 Å². The second-order valence-corrected chi connectivity index (χ2v) is 6.80. The van der Waals surface area contributed by atoms with Gasteiger partial charge in [0.15, 0.2) is 0 Å². The zero-order valence-electron chi connectivity index (χ0n) is 13.0. The molecule has 0 amide bonds. The topological polar surface area (TPSA) is 26.0 Å². The molecule has 108 valence electrons. The van der Waals surface area contributed by atoms with E-state index in [1.165, 1.54) is 64.2 Å². The zero-order valence-corrected chi connectivity index (χ0v) is 13.0. The molecule has 0 aromatic heterocycles. The van der Waals surface area contributed by atoms with Crippen LogP contribution in [0.3, 0.4) is 0 Å². The monoisotopic (exact) mass is 253 g/mol. The van der Waals surface area contributed by atoms with Crippen LogP contribution in [-0.4, -0.2) is 6.04 Å². The third kappa shape index (κ3) is 5.73. The maximum atomic E-state index is 6.30. The molecule has 0 spiro atoms. The summed E-state index contributed by atoms with van der Waals surface area (Å²) in [5.74, 6) is 2.61. The zero-order chi connectivity index (χ0) is 13.4. The first-order chi connectivity index (χ1) is 8.65. The van der Waals surface area contributed by atoms with E-state index in [1.54, 1.807) is 0 Å². The molecule has 0 bridgehead atoms. The molecule has 1 nitrogen and oxygen atoms in total. The van der Waals surface area contributed by atoms with E-state index in [0.717, 1.165) is 17.8 Å². The summed E-state index contributed by atoms with van der Waals surface area (Å²) in [7, 11) is 0. The van der Waals surface area contributed by atoms with Gasteiger partial charge in [-0.15, -0.1) is 0 Å². The second-order valence-electron chi connectivity index (χ2n) is 6.80. The SMILES string of the molecule is CCCCCCCCC1CC(C(C)C)CCC1N. The summed E-state index contributed by atoms with van der Waals surface area (Å²) in [4.78, 5) is 0. The largest absolute Gasteiger partial charge is 0.327 e. The van der Waals surface area contributed by atoms with Gasteiger partial charge in [0, 0.05) is 6.04 Å². The van der Waals surface area contributed by atoms with Gasteiger partial charge in [0.05, 0.1) is 0 Å². The fourth-order valence-electron chi connectivity index (χ4n) is 3.45. The van der Waals surface area contributed by atoms with Gasteiger partial charge in [0.1, 0.15) is 0 Å². The minimum Gasteiger partial charge on any atom is -0.327 e. The maximum Gasteiger partial charge on any atom is 0.00673 e. The van der Waals surface area contributed by atoms with Gasteiger partial charge in [-0.1, -0.05) is 59.3 Å². The van der Waals surface area contributed by atoms with E-state index < -0.39 is 0 Å². The lowest BCUT2D eigenvalue weighted by atomic mass is 9.72.